The van der Waals surface area contributed by atoms with Crippen LogP contribution < -0.4 is 0 Å². The Morgan fingerprint density at radius 1 is 1.22 bits per heavy atom. The van der Waals surface area contributed by atoms with Crippen LogP contribution in [0.5, 0.6) is 0 Å². The molecule has 0 amide bonds. The SMILES string of the molecule is COC(=O)C1CCN(C(c2ccc(C)cc2)C2Sc3nc(-c4ccco4)nn3C2=O)CC1. The first-order valence-corrected chi connectivity index (χ1v) is 11.5. The van der Waals surface area contributed by atoms with Crippen LogP contribution in [0.3, 0.4) is 0 Å². The Morgan fingerprint density at radius 2 is 1.97 bits per heavy atom. The number of esters is 1. The van der Waals surface area contributed by atoms with Gasteiger partial charge in [0.05, 0.1) is 25.3 Å². The summed E-state index contributed by atoms with van der Waals surface area (Å²) >= 11 is 1.44. The topological polar surface area (TPSA) is 90.5 Å². The number of aromatic nitrogens is 3. The number of nitrogens with zero attached hydrogens (tertiary/aromatic N) is 4. The van der Waals surface area contributed by atoms with Gasteiger partial charge >= 0.3 is 5.97 Å². The minimum absolute atomic E-state index is 0.0871. The number of aryl methyl sites for hydroxylation is 1. The number of thioether (sulfide) groups is 1. The molecule has 2 aromatic heterocycles. The van der Waals surface area contributed by atoms with E-state index >= 15 is 0 Å². The molecular formula is C23H24N4O4S. The summed E-state index contributed by atoms with van der Waals surface area (Å²) in [6, 6.07) is 11.7. The molecule has 0 radical (unpaired) electrons. The Bertz CT molecular complexity index is 1120. The maximum absolute atomic E-state index is 13.4. The van der Waals surface area contributed by atoms with E-state index < -0.39 is 0 Å². The van der Waals surface area contributed by atoms with Crippen molar-refractivity contribution in [3.05, 3.63) is 53.8 Å². The summed E-state index contributed by atoms with van der Waals surface area (Å²) in [5, 5.41) is 4.62. The van der Waals surface area contributed by atoms with Gasteiger partial charge in [0, 0.05) is 0 Å². The Hall–Kier alpha value is -2.91. The maximum Gasteiger partial charge on any atom is 0.308 e. The summed E-state index contributed by atoms with van der Waals surface area (Å²) in [7, 11) is 1.43. The quantitative estimate of drug-likeness (QED) is 0.543. The van der Waals surface area contributed by atoms with Crippen LogP contribution in [0.4, 0.5) is 0 Å². The molecule has 8 nitrogen and oxygen atoms in total. The van der Waals surface area contributed by atoms with Crippen LogP contribution in [0.2, 0.25) is 0 Å². The van der Waals surface area contributed by atoms with Crippen LogP contribution >= 0.6 is 11.8 Å². The second-order valence-corrected chi connectivity index (χ2v) is 9.28. The summed E-state index contributed by atoms with van der Waals surface area (Å²) in [5.41, 5.74) is 2.25. The highest BCUT2D eigenvalue weighted by molar-refractivity contribution is 8.00. The number of methoxy groups -OCH3 is 1. The Morgan fingerprint density at radius 3 is 2.59 bits per heavy atom. The van der Waals surface area contributed by atoms with Crippen LogP contribution in [0.1, 0.15) is 34.8 Å². The predicted molar refractivity (Wildman–Crippen MR) is 118 cm³/mol. The predicted octanol–water partition coefficient (Wildman–Crippen LogP) is 3.59. The first-order valence-electron chi connectivity index (χ1n) is 10.7. The molecule has 1 aromatic carbocycles. The lowest BCUT2D eigenvalue weighted by molar-refractivity contribution is -0.147. The zero-order valence-electron chi connectivity index (χ0n) is 17.9. The van der Waals surface area contributed by atoms with Crippen molar-refractivity contribution in [1.82, 2.24) is 19.7 Å². The number of ether oxygens (including phenoxy) is 1. The average molecular weight is 453 g/mol. The summed E-state index contributed by atoms with van der Waals surface area (Å²) in [5.74, 6) is 0.621. The molecule has 32 heavy (non-hydrogen) atoms. The van der Waals surface area contributed by atoms with Gasteiger partial charge in [-0.15, -0.1) is 5.10 Å². The normalized spacial score (nSPS) is 20.3. The average Bonchev–Trinajstić information content (AvgIpc) is 3.54. The zero-order chi connectivity index (χ0) is 22.2. The van der Waals surface area contributed by atoms with Crippen molar-refractivity contribution in [2.24, 2.45) is 5.92 Å². The van der Waals surface area contributed by atoms with E-state index in [2.05, 4.69) is 39.2 Å². The third kappa shape index (κ3) is 3.75. The summed E-state index contributed by atoms with van der Waals surface area (Å²) in [6.07, 6.45) is 2.99. The minimum atomic E-state index is -0.368. The Balaban J connectivity index is 1.42. The van der Waals surface area contributed by atoms with Gasteiger partial charge in [-0.25, -0.2) is 0 Å². The number of piperidine rings is 1. The molecule has 0 saturated carbocycles. The second-order valence-electron chi connectivity index (χ2n) is 8.17. The highest BCUT2D eigenvalue weighted by Gasteiger charge is 2.44. The van der Waals surface area contributed by atoms with E-state index in [1.165, 1.54) is 29.1 Å². The molecule has 3 aromatic rings. The number of hydrogen-bond acceptors (Lipinski definition) is 8. The molecule has 5 rings (SSSR count). The van der Waals surface area contributed by atoms with Crippen LogP contribution in [0.25, 0.3) is 11.6 Å². The zero-order valence-corrected chi connectivity index (χ0v) is 18.7. The summed E-state index contributed by atoms with van der Waals surface area (Å²) < 4.78 is 11.7. The number of benzene rings is 1. The van der Waals surface area contributed by atoms with E-state index in [-0.39, 0.29) is 29.1 Å². The van der Waals surface area contributed by atoms with Crippen LogP contribution in [0.15, 0.2) is 52.2 Å². The van der Waals surface area contributed by atoms with Crippen molar-refractivity contribution >= 4 is 23.6 Å². The van der Waals surface area contributed by atoms with Crippen LogP contribution in [-0.2, 0) is 9.53 Å². The fraction of sp³-hybridized carbons (Fsp3) is 0.391. The van der Waals surface area contributed by atoms with Crippen LogP contribution in [-0.4, -0.2) is 57.0 Å². The summed E-state index contributed by atoms with van der Waals surface area (Å²) in [4.78, 5) is 32.2. The van der Waals surface area contributed by atoms with E-state index in [0.29, 0.717) is 29.6 Å². The highest BCUT2D eigenvalue weighted by Crippen LogP contribution is 2.42. The number of furan rings is 1. The lowest BCUT2D eigenvalue weighted by atomic mass is 9.92. The molecule has 2 aliphatic heterocycles. The van der Waals surface area contributed by atoms with Gasteiger partial charge in [-0.1, -0.05) is 41.6 Å². The minimum Gasteiger partial charge on any atom is -0.469 e. The maximum atomic E-state index is 13.4. The molecular weight excluding hydrogens is 428 g/mol. The molecule has 166 valence electrons. The molecule has 0 aliphatic carbocycles. The highest BCUT2D eigenvalue weighted by atomic mass is 32.2. The van der Waals surface area contributed by atoms with E-state index in [4.69, 9.17) is 9.15 Å². The van der Waals surface area contributed by atoms with Gasteiger partial charge in [0.25, 0.3) is 5.91 Å². The van der Waals surface area contributed by atoms with Gasteiger partial charge in [0.1, 0.15) is 5.25 Å². The fourth-order valence-corrected chi connectivity index (χ4v) is 5.69. The van der Waals surface area contributed by atoms with Crippen LogP contribution in [0, 0.1) is 12.8 Å². The molecule has 2 atom stereocenters. The smallest absolute Gasteiger partial charge is 0.308 e. The Labute approximate surface area is 189 Å². The fourth-order valence-electron chi connectivity index (χ4n) is 4.43. The standard InChI is InChI=1S/C23H24N4O4S/c1-14-5-7-15(8-6-14)18(26-11-9-16(10-12-26)22(29)30-2)19-21(28)27-23(32-19)24-20(25-27)17-4-3-13-31-17/h3-8,13,16,18-19H,9-12H2,1-2H3. The Kier molecular flexibility index (Phi) is 5.60. The van der Waals surface area contributed by atoms with Crippen molar-refractivity contribution in [3.63, 3.8) is 0 Å². The van der Waals surface area contributed by atoms with E-state index in [0.717, 1.165) is 18.7 Å². The number of rotatable bonds is 5. The van der Waals surface area contributed by atoms with Crippen molar-refractivity contribution in [1.29, 1.82) is 0 Å². The van der Waals surface area contributed by atoms with Gasteiger partial charge < -0.3 is 9.15 Å². The number of hydrogen-bond donors (Lipinski definition) is 0. The van der Waals surface area contributed by atoms with Crippen molar-refractivity contribution < 1.29 is 18.7 Å². The first-order chi connectivity index (χ1) is 15.5. The molecule has 1 saturated heterocycles. The van der Waals surface area contributed by atoms with Crippen molar-refractivity contribution in [2.45, 2.75) is 36.2 Å². The number of carbonyl (C=O) groups excluding carboxylic acids is 2. The third-order valence-corrected chi connectivity index (χ3v) is 7.36. The summed E-state index contributed by atoms with van der Waals surface area (Å²) in [6.45, 7) is 3.48. The van der Waals surface area contributed by atoms with Gasteiger partial charge in [0.2, 0.25) is 5.82 Å². The molecule has 2 unspecified atom stereocenters. The van der Waals surface area contributed by atoms with E-state index in [1.807, 2.05) is 6.92 Å². The lowest BCUT2D eigenvalue weighted by Gasteiger charge is -2.38. The molecule has 2 aliphatic rings. The monoisotopic (exact) mass is 452 g/mol. The van der Waals surface area contributed by atoms with Gasteiger partial charge in [0.15, 0.2) is 10.9 Å². The molecule has 0 N–H and O–H groups in total. The molecule has 1 fully saturated rings. The third-order valence-electron chi connectivity index (χ3n) is 6.17. The van der Waals surface area contributed by atoms with Gasteiger partial charge in [-0.3, -0.25) is 14.5 Å². The van der Waals surface area contributed by atoms with E-state index in [9.17, 15) is 9.59 Å². The van der Waals surface area contributed by atoms with Crippen molar-refractivity contribution in [3.8, 4) is 11.6 Å². The number of fused-ring (bicyclic) bond motifs is 1. The number of carbonyl (C=O) groups is 2. The lowest BCUT2D eigenvalue weighted by Crippen LogP contribution is -2.44. The first kappa shape index (κ1) is 21.0. The van der Waals surface area contributed by atoms with Crippen molar-refractivity contribution in [2.75, 3.05) is 20.2 Å². The second kappa shape index (κ2) is 8.55. The number of likely N-dealkylation sites (tertiary alicyclic amines) is 1. The molecule has 0 bridgehead atoms. The molecule has 4 heterocycles. The van der Waals surface area contributed by atoms with E-state index in [1.54, 1.807) is 18.4 Å². The molecule has 0 spiro atoms. The van der Waals surface area contributed by atoms with Gasteiger partial charge in [-0.05, 0) is 50.6 Å². The largest absolute Gasteiger partial charge is 0.469 e. The van der Waals surface area contributed by atoms with Gasteiger partial charge in [-0.2, -0.15) is 9.67 Å². The molecule has 9 heteroatoms.